The molecule has 0 amide bonds. The number of carbonyl (C=O) groups excluding carboxylic acids is 1. The number of hydrogen-bond donors (Lipinski definition) is 4. The molecule has 4 fully saturated rings. The predicted octanol–water partition coefficient (Wildman–Crippen LogP) is 7.15. The van der Waals surface area contributed by atoms with E-state index in [9.17, 15) is 30.0 Å². The lowest BCUT2D eigenvalue weighted by Crippen LogP contribution is -2.68. The van der Waals surface area contributed by atoms with Crippen LogP contribution in [-0.2, 0) is 14.3 Å². The SMILES string of the molecule is CC1(C)CC[C@]2(C(=O)O)CC[C@]3(C)C(=CC[C@@H]4[C@@]5(C)C[C@@H](O)[C@H](OC(=O)/C=C\c6ccc(O)cc6)[C@@](C)(CO)[C@@H]5CC[C@]43C)[C@H]2C1. The molecule has 10 atom stereocenters. The van der Waals surface area contributed by atoms with Crippen molar-refractivity contribution in [1.29, 1.82) is 0 Å². The van der Waals surface area contributed by atoms with E-state index in [1.807, 2.05) is 6.92 Å². The molecule has 7 heteroatoms. The number of carboxylic acids is 1. The molecule has 46 heavy (non-hydrogen) atoms. The van der Waals surface area contributed by atoms with Crippen LogP contribution in [0.15, 0.2) is 42.0 Å². The van der Waals surface area contributed by atoms with Crippen molar-refractivity contribution in [3.05, 3.63) is 47.6 Å². The molecule has 0 heterocycles. The highest BCUT2D eigenvalue weighted by atomic mass is 16.6. The highest BCUT2D eigenvalue weighted by Crippen LogP contribution is 2.75. The molecule has 0 spiro atoms. The van der Waals surface area contributed by atoms with Crippen LogP contribution >= 0.6 is 0 Å². The number of allylic oxidation sites excluding steroid dienone is 2. The molecule has 0 aliphatic heterocycles. The molecule has 6 rings (SSSR count). The second kappa shape index (κ2) is 10.9. The van der Waals surface area contributed by atoms with Crippen LogP contribution in [-0.4, -0.2) is 51.2 Å². The quantitative estimate of drug-likeness (QED) is 0.154. The first-order valence-electron chi connectivity index (χ1n) is 17.4. The van der Waals surface area contributed by atoms with Gasteiger partial charge in [-0.1, -0.05) is 65.3 Å². The molecule has 0 saturated heterocycles. The third-order valence-corrected chi connectivity index (χ3v) is 14.7. The Balaban J connectivity index is 1.31. The number of rotatable bonds is 5. The number of aliphatic hydroxyl groups is 2. The summed E-state index contributed by atoms with van der Waals surface area (Å²) in [5, 5.41) is 42.9. The van der Waals surface area contributed by atoms with Crippen LogP contribution in [0.1, 0.15) is 105 Å². The Morgan fingerprint density at radius 2 is 1.61 bits per heavy atom. The molecule has 4 saturated carbocycles. The number of esters is 1. The predicted molar refractivity (Wildman–Crippen MR) is 176 cm³/mol. The van der Waals surface area contributed by atoms with Crippen molar-refractivity contribution in [1.82, 2.24) is 0 Å². The van der Waals surface area contributed by atoms with Crippen molar-refractivity contribution in [3.8, 4) is 5.75 Å². The second-order valence-electron chi connectivity index (χ2n) is 17.4. The van der Waals surface area contributed by atoms with Crippen LogP contribution in [0.2, 0.25) is 0 Å². The van der Waals surface area contributed by atoms with E-state index in [4.69, 9.17) is 4.74 Å². The van der Waals surface area contributed by atoms with Crippen molar-refractivity contribution in [2.75, 3.05) is 6.61 Å². The molecule has 252 valence electrons. The van der Waals surface area contributed by atoms with E-state index in [0.29, 0.717) is 12.8 Å². The summed E-state index contributed by atoms with van der Waals surface area (Å²) in [4.78, 5) is 26.0. The first kappa shape index (κ1) is 33.3. The molecule has 0 unspecified atom stereocenters. The van der Waals surface area contributed by atoms with E-state index in [1.165, 1.54) is 11.6 Å². The zero-order valence-corrected chi connectivity index (χ0v) is 28.5. The number of carboxylic acid groups (broad SMARTS) is 1. The van der Waals surface area contributed by atoms with Crippen LogP contribution in [0.3, 0.4) is 0 Å². The Hall–Kier alpha value is -2.64. The molecule has 0 radical (unpaired) electrons. The van der Waals surface area contributed by atoms with Gasteiger partial charge in [-0.2, -0.15) is 0 Å². The zero-order chi connectivity index (χ0) is 33.5. The van der Waals surface area contributed by atoms with E-state index in [1.54, 1.807) is 30.3 Å². The van der Waals surface area contributed by atoms with Crippen molar-refractivity contribution < 1.29 is 34.8 Å². The van der Waals surface area contributed by atoms with Gasteiger partial charge in [-0.05, 0) is 121 Å². The molecule has 7 nitrogen and oxygen atoms in total. The van der Waals surface area contributed by atoms with Crippen molar-refractivity contribution >= 4 is 18.0 Å². The van der Waals surface area contributed by atoms with Crippen LogP contribution in [0.25, 0.3) is 6.08 Å². The van der Waals surface area contributed by atoms with E-state index < -0.39 is 35.0 Å². The summed E-state index contributed by atoms with van der Waals surface area (Å²) in [7, 11) is 0. The van der Waals surface area contributed by atoms with Crippen LogP contribution < -0.4 is 0 Å². The molecule has 0 bridgehead atoms. The van der Waals surface area contributed by atoms with Gasteiger partial charge in [0.05, 0.1) is 18.1 Å². The number of hydrogen-bond acceptors (Lipinski definition) is 6. The van der Waals surface area contributed by atoms with Crippen LogP contribution in [0.4, 0.5) is 0 Å². The van der Waals surface area contributed by atoms with Gasteiger partial charge in [-0.25, -0.2) is 4.79 Å². The molecular weight excluding hydrogens is 580 g/mol. The summed E-state index contributed by atoms with van der Waals surface area (Å²) in [6, 6.07) is 6.49. The zero-order valence-electron chi connectivity index (χ0n) is 28.5. The largest absolute Gasteiger partial charge is 0.508 e. The Morgan fingerprint density at radius 1 is 0.935 bits per heavy atom. The first-order chi connectivity index (χ1) is 21.5. The van der Waals surface area contributed by atoms with Crippen molar-refractivity contribution in [2.24, 2.45) is 50.2 Å². The van der Waals surface area contributed by atoms with E-state index in [0.717, 1.165) is 50.5 Å². The van der Waals surface area contributed by atoms with Crippen molar-refractivity contribution in [3.63, 3.8) is 0 Å². The van der Waals surface area contributed by atoms with E-state index >= 15 is 0 Å². The Labute approximate surface area is 274 Å². The number of phenols is 1. The van der Waals surface area contributed by atoms with Gasteiger partial charge in [-0.3, -0.25) is 4.79 Å². The second-order valence-corrected chi connectivity index (χ2v) is 17.4. The van der Waals surface area contributed by atoms with E-state index in [2.05, 4.69) is 40.7 Å². The molecular formula is C39H54O7. The fourth-order valence-electron chi connectivity index (χ4n) is 11.9. The van der Waals surface area contributed by atoms with Gasteiger partial charge in [0.15, 0.2) is 0 Å². The number of aliphatic hydroxyl groups excluding tert-OH is 2. The standard InChI is InChI=1S/C39H54O7/c1-34(2)17-19-39(33(44)45)20-18-37(5)26(27(39)21-34)12-13-30-35(3)22-28(42)32(36(4,23-40)29(35)15-16-38(30,37)6)46-31(43)14-9-24-7-10-25(41)11-8-24/h7-12,14,27-30,32,40-42H,13,15-23H2,1-6H3,(H,44,45)/b14-9-/t27-,28-,29-,30-,32+,35+,36+,37-,38-,39+/m1/s1. The Bertz CT molecular complexity index is 1440. The summed E-state index contributed by atoms with van der Waals surface area (Å²) in [6.45, 7) is 13.5. The number of ether oxygens (including phenoxy) is 1. The van der Waals surface area contributed by atoms with Gasteiger partial charge in [0.1, 0.15) is 11.9 Å². The van der Waals surface area contributed by atoms with Crippen LogP contribution in [0, 0.1) is 50.2 Å². The summed E-state index contributed by atoms with van der Waals surface area (Å²) >= 11 is 0. The lowest BCUT2D eigenvalue weighted by Gasteiger charge is -2.71. The van der Waals surface area contributed by atoms with Crippen molar-refractivity contribution in [2.45, 2.75) is 112 Å². The van der Waals surface area contributed by atoms with Gasteiger partial charge in [0.2, 0.25) is 0 Å². The minimum atomic E-state index is -0.935. The maximum Gasteiger partial charge on any atom is 0.331 e. The average molecular weight is 635 g/mol. The van der Waals surface area contributed by atoms with Gasteiger partial charge in [-0.15, -0.1) is 0 Å². The van der Waals surface area contributed by atoms with Crippen LogP contribution in [0.5, 0.6) is 5.75 Å². The number of aromatic hydroxyl groups is 1. The van der Waals surface area contributed by atoms with Gasteiger partial charge in [0.25, 0.3) is 0 Å². The molecule has 1 aromatic rings. The number of aliphatic carboxylic acids is 1. The fourth-order valence-corrected chi connectivity index (χ4v) is 11.9. The summed E-state index contributed by atoms with van der Waals surface area (Å²) in [5.41, 5.74) is 0.128. The number of phenolic OH excluding ortho intramolecular Hbond substituents is 1. The summed E-state index contributed by atoms with van der Waals surface area (Å²) in [5.74, 6) is -0.769. The topological polar surface area (TPSA) is 124 Å². The normalized spacial score (nSPS) is 44.6. The molecule has 0 aromatic heterocycles. The molecule has 5 aliphatic rings. The van der Waals surface area contributed by atoms with Gasteiger partial charge in [0, 0.05) is 11.5 Å². The summed E-state index contributed by atoms with van der Waals surface area (Å²) < 4.78 is 5.98. The maximum atomic E-state index is 13.1. The minimum Gasteiger partial charge on any atom is -0.508 e. The molecule has 4 N–H and O–H groups in total. The number of carbonyl (C=O) groups is 2. The maximum absolute atomic E-state index is 13.1. The third kappa shape index (κ3) is 4.73. The molecule has 5 aliphatic carbocycles. The lowest BCUT2D eigenvalue weighted by atomic mass is 9.33. The molecule has 1 aromatic carbocycles. The highest BCUT2D eigenvalue weighted by Gasteiger charge is 2.71. The third-order valence-electron chi connectivity index (χ3n) is 14.7. The highest BCUT2D eigenvalue weighted by molar-refractivity contribution is 5.87. The Morgan fingerprint density at radius 3 is 2.26 bits per heavy atom. The number of benzene rings is 1. The minimum absolute atomic E-state index is 0.0271. The lowest BCUT2D eigenvalue weighted by molar-refractivity contribution is -0.249. The summed E-state index contributed by atoms with van der Waals surface area (Å²) in [6.07, 6.45) is 10.8. The smallest absolute Gasteiger partial charge is 0.331 e. The van der Waals surface area contributed by atoms with Gasteiger partial charge < -0.3 is 25.2 Å². The average Bonchev–Trinajstić information content (AvgIpc) is 2.98. The first-order valence-corrected chi connectivity index (χ1v) is 17.4. The fraction of sp³-hybridized carbons (Fsp3) is 0.692. The van der Waals surface area contributed by atoms with Gasteiger partial charge >= 0.3 is 11.9 Å². The number of fused-ring (bicyclic) bond motifs is 7. The monoisotopic (exact) mass is 634 g/mol. The van der Waals surface area contributed by atoms with E-state index in [-0.39, 0.29) is 51.8 Å². The Kier molecular flexibility index (Phi) is 7.92.